The normalized spacial score (nSPS) is 12.2. The number of para-hydroxylation sites is 1. The Hall–Kier alpha value is -7.50. The van der Waals surface area contributed by atoms with E-state index in [0.29, 0.717) is 0 Å². The molecular formula is C60H54N4O. The molecule has 320 valence electrons. The van der Waals surface area contributed by atoms with Gasteiger partial charge in [0.15, 0.2) is 0 Å². The third-order valence-electron chi connectivity index (χ3n) is 13.2. The summed E-state index contributed by atoms with van der Waals surface area (Å²) >= 11 is 0. The first-order chi connectivity index (χ1) is 31.4. The number of fused-ring (bicyclic) bond motifs is 3. The number of imidazole rings is 1. The SMILES string of the molecule is CC(C)(C)c1ccnc(-n2c3ccccc3c3c(C(C)(C)c4ccccc4)cc(Oc4cccc(-n5[c-][n+](-c6cccc(C(C)(C)c7ccccc7)c6)c(-c6ccccc6)c5)c4)cc32)c1. The molecule has 0 aliphatic rings. The minimum Gasteiger partial charge on any atom is -0.458 e. The summed E-state index contributed by atoms with van der Waals surface area (Å²) in [7, 11) is 0. The molecule has 0 aliphatic carbocycles. The smallest absolute Gasteiger partial charge is 0.269 e. The molecule has 65 heavy (non-hydrogen) atoms. The predicted molar refractivity (Wildman–Crippen MR) is 266 cm³/mol. The van der Waals surface area contributed by atoms with Gasteiger partial charge in [0.2, 0.25) is 0 Å². The van der Waals surface area contributed by atoms with Gasteiger partial charge in [0.25, 0.3) is 6.33 Å². The van der Waals surface area contributed by atoms with E-state index in [0.717, 1.165) is 51.0 Å². The average Bonchev–Trinajstić information content (AvgIpc) is 3.93. The van der Waals surface area contributed by atoms with Gasteiger partial charge >= 0.3 is 0 Å². The number of ether oxygens (including phenoxy) is 1. The van der Waals surface area contributed by atoms with Crippen LogP contribution in [0.4, 0.5) is 0 Å². The Kier molecular flexibility index (Phi) is 10.4. The lowest BCUT2D eigenvalue weighted by molar-refractivity contribution is -0.588. The first-order valence-corrected chi connectivity index (χ1v) is 22.5. The Morgan fingerprint density at radius 3 is 1.89 bits per heavy atom. The summed E-state index contributed by atoms with van der Waals surface area (Å²) in [5.41, 5.74) is 11.8. The quantitative estimate of drug-likeness (QED) is 0.102. The van der Waals surface area contributed by atoms with E-state index in [9.17, 15) is 0 Å². The zero-order valence-electron chi connectivity index (χ0n) is 38.2. The van der Waals surface area contributed by atoms with Crippen molar-refractivity contribution in [3.8, 4) is 39.9 Å². The number of nitrogens with zero attached hydrogens (tertiary/aromatic N) is 4. The number of hydrogen-bond acceptors (Lipinski definition) is 2. The minimum absolute atomic E-state index is 0.0439. The van der Waals surface area contributed by atoms with E-state index in [4.69, 9.17) is 9.72 Å². The number of aromatic nitrogens is 4. The van der Waals surface area contributed by atoms with Gasteiger partial charge in [-0.2, -0.15) is 0 Å². The zero-order valence-corrected chi connectivity index (χ0v) is 38.2. The van der Waals surface area contributed by atoms with Crippen molar-refractivity contribution in [2.45, 2.75) is 64.7 Å². The highest BCUT2D eigenvalue weighted by molar-refractivity contribution is 6.11. The standard InChI is InChI=1S/C60H54N4O/c1-58(2,3)45-33-34-61-56(36-45)64-53-32-18-17-31-51(53)57-52(60(6,7)44-25-15-10-16-26-44)38-50(39-54(57)64)65-49-30-20-28-47(37-49)62-40-55(42-21-11-8-12-22-42)63(41-62)48-29-19-27-46(35-48)59(4,5)43-23-13-9-14-24-43/h8-40H,1-7H3. The fraction of sp³-hybridized carbons (Fsp3) is 0.167. The van der Waals surface area contributed by atoms with Crippen LogP contribution in [-0.4, -0.2) is 14.1 Å². The second kappa shape index (κ2) is 16.2. The number of rotatable bonds is 10. The molecule has 0 bridgehead atoms. The van der Waals surface area contributed by atoms with Gasteiger partial charge in [-0.3, -0.25) is 13.7 Å². The van der Waals surface area contributed by atoms with E-state index in [1.165, 1.54) is 38.6 Å². The molecule has 0 fully saturated rings. The minimum atomic E-state index is -0.369. The van der Waals surface area contributed by atoms with Crippen molar-refractivity contribution in [1.82, 2.24) is 14.1 Å². The third-order valence-corrected chi connectivity index (χ3v) is 13.2. The van der Waals surface area contributed by atoms with Gasteiger partial charge in [-0.25, -0.2) is 4.98 Å². The van der Waals surface area contributed by atoms with E-state index in [1.807, 2.05) is 12.3 Å². The first-order valence-electron chi connectivity index (χ1n) is 22.5. The lowest BCUT2D eigenvalue weighted by atomic mass is 9.76. The molecule has 7 aromatic carbocycles. The van der Waals surface area contributed by atoms with Gasteiger partial charge in [-0.05, 0) is 93.4 Å². The van der Waals surface area contributed by atoms with Crippen molar-refractivity contribution in [2.24, 2.45) is 0 Å². The van der Waals surface area contributed by atoms with Gasteiger partial charge in [0.05, 0.1) is 28.1 Å². The van der Waals surface area contributed by atoms with E-state index in [2.05, 4.69) is 257 Å². The lowest BCUT2D eigenvalue weighted by Crippen LogP contribution is -2.32. The topological polar surface area (TPSA) is 35.9 Å². The summed E-state index contributed by atoms with van der Waals surface area (Å²) in [4.78, 5) is 5.00. The molecule has 0 N–H and O–H groups in total. The molecule has 5 heteroatoms. The number of pyridine rings is 1. The van der Waals surface area contributed by atoms with Gasteiger partial charge in [0.1, 0.15) is 17.3 Å². The summed E-state index contributed by atoms with van der Waals surface area (Å²) < 4.78 is 13.6. The Balaban J connectivity index is 1.10. The Morgan fingerprint density at radius 1 is 0.523 bits per heavy atom. The highest BCUT2D eigenvalue weighted by Gasteiger charge is 2.30. The third kappa shape index (κ3) is 7.71. The van der Waals surface area contributed by atoms with Crippen molar-refractivity contribution in [1.29, 1.82) is 0 Å². The largest absolute Gasteiger partial charge is 0.458 e. The Bertz CT molecular complexity index is 3320. The van der Waals surface area contributed by atoms with Crippen LogP contribution in [0.25, 0.3) is 50.3 Å². The van der Waals surface area contributed by atoms with E-state index < -0.39 is 0 Å². The van der Waals surface area contributed by atoms with Crippen LogP contribution >= 0.6 is 0 Å². The van der Waals surface area contributed by atoms with Crippen molar-refractivity contribution >= 4 is 21.8 Å². The van der Waals surface area contributed by atoms with Crippen LogP contribution in [0.15, 0.2) is 200 Å². The van der Waals surface area contributed by atoms with Crippen LogP contribution in [0.1, 0.15) is 76.3 Å². The van der Waals surface area contributed by atoms with Crippen LogP contribution in [0.3, 0.4) is 0 Å². The Labute approximate surface area is 382 Å². The van der Waals surface area contributed by atoms with Gasteiger partial charge in [-0.1, -0.05) is 176 Å². The predicted octanol–water partition coefficient (Wildman–Crippen LogP) is 14.5. The van der Waals surface area contributed by atoms with Crippen LogP contribution in [0.2, 0.25) is 0 Å². The molecule has 5 nitrogen and oxygen atoms in total. The molecule has 3 heterocycles. The number of benzene rings is 7. The summed E-state index contributed by atoms with van der Waals surface area (Å²) in [6, 6.07) is 66.6. The summed E-state index contributed by atoms with van der Waals surface area (Å²) in [6.07, 6.45) is 7.81. The van der Waals surface area contributed by atoms with Crippen molar-refractivity contribution in [3.05, 3.63) is 235 Å². The van der Waals surface area contributed by atoms with E-state index >= 15 is 0 Å². The van der Waals surface area contributed by atoms with Crippen LogP contribution in [0, 0.1) is 6.33 Å². The van der Waals surface area contributed by atoms with Crippen LogP contribution in [-0.2, 0) is 16.2 Å². The molecule has 3 aromatic heterocycles. The van der Waals surface area contributed by atoms with Crippen molar-refractivity contribution in [3.63, 3.8) is 0 Å². The summed E-state index contributed by atoms with van der Waals surface area (Å²) in [5.74, 6) is 2.35. The van der Waals surface area contributed by atoms with Crippen molar-refractivity contribution < 1.29 is 9.30 Å². The summed E-state index contributed by atoms with van der Waals surface area (Å²) in [6.45, 7) is 15.9. The molecule has 0 saturated heterocycles. The van der Waals surface area contributed by atoms with Gasteiger partial charge in [0, 0.05) is 40.1 Å². The summed E-state index contributed by atoms with van der Waals surface area (Å²) in [5, 5.41) is 2.37. The molecule has 0 amide bonds. The first kappa shape index (κ1) is 41.5. The molecule has 0 unspecified atom stereocenters. The molecule has 0 spiro atoms. The maximum absolute atomic E-state index is 7.02. The lowest BCUT2D eigenvalue weighted by Gasteiger charge is -2.28. The second-order valence-electron chi connectivity index (χ2n) is 19.2. The average molecular weight is 847 g/mol. The highest BCUT2D eigenvalue weighted by atomic mass is 16.5. The molecular weight excluding hydrogens is 793 g/mol. The maximum Gasteiger partial charge on any atom is 0.269 e. The molecule has 10 rings (SSSR count). The molecule has 0 atom stereocenters. The van der Waals surface area contributed by atoms with Crippen LogP contribution < -0.4 is 9.30 Å². The van der Waals surface area contributed by atoms with Crippen molar-refractivity contribution in [2.75, 3.05) is 0 Å². The molecule has 0 radical (unpaired) electrons. The second-order valence-corrected chi connectivity index (χ2v) is 19.2. The molecule has 0 aliphatic heterocycles. The van der Waals surface area contributed by atoms with E-state index in [-0.39, 0.29) is 16.2 Å². The highest BCUT2D eigenvalue weighted by Crippen LogP contribution is 2.45. The maximum atomic E-state index is 7.02. The van der Waals surface area contributed by atoms with Crippen LogP contribution in [0.5, 0.6) is 11.5 Å². The monoisotopic (exact) mass is 846 g/mol. The fourth-order valence-electron chi connectivity index (χ4n) is 9.29. The van der Waals surface area contributed by atoms with Gasteiger partial charge in [-0.15, -0.1) is 0 Å². The molecule has 0 saturated carbocycles. The zero-order chi connectivity index (χ0) is 44.9. The fourth-order valence-corrected chi connectivity index (χ4v) is 9.29. The van der Waals surface area contributed by atoms with E-state index in [1.54, 1.807) is 0 Å². The molecule has 10 aromatic rings. The Morgan fingerprint density at radius 2 is 1.17 bits per heavy atom. The van der Waals surface area contributed by atoms with Gasteiger partial charge < -0.3 is 4.74 Å². The number of hydrogen-bond donors (Lipinski definition) is 0.